The normalized spacial score (nSPS) is 11.6. The second-order valence-corrected chi connectivity index (χ2v) is 7.29. The molecule has 0 fully saturated rings. The Labute approximate surface area is 194 Å². The van der Waals surface area contributed by atoms with Crippen LogP contribution in [-0.2, 0) is 31.5 Å². The van der Waals surface area contributed by atoms with E-state index in [0.29, 0.717) is 6.07 Å². The van der Waals surface area contributed by atoms with Gasteiger partial charge in [0.2, 0.25) is 5.91 Å². The molecule has 2 amide bonds. The van der Waals surface area contributed by atoms with Gasteiger partial charge in [0.15, 0.2) is 6.61 Å². The summed E-state index contributed by atoms with van der Waals surface area (Å²) >= 11 is 5.76. The first-order valence-corrected chi connectivity index (χ1v) is 9.93. The van der Waals surface area contributed by atoms with Gasteiger partial charge >= 0.3 is 18.3 Å². The zero-order valence-electron chi connectivity index (χ0n) is 17.1. The van der Waals surface area contributed by atoms with Gasteiger partial charge in [-0.1, -0.05) is 17.7 Å². The molecule has 0 atom stereocenters. The summed E-state index contributed by atoms with van der Waals surface area (Å²) in [5, 5.41) is 4.23. The van der Waals surface area contributed by atoms with Crippen LogP contribution < -0.4 is 10.6 Å². The summed E-state index contributed by atoms with van der Waals surface area (Å²) in [6, 6.07) is 6.34. The van der Waals surface area contributed by atoms with Crippen LogP contribution in [0.2, 0.25) is 5.02 Å². The van der Waals surface area contributed by atoms with E-state index in [-0.39, 0.29) is 35.7 Å². The second kappa shape index (κ2) is 11.2. The molecule has 0 aliphatic heterocycles. The summed E-state index contributed by atoms with van der Waals surface area (Å²) in [5.74, 6) is -2.43. The molecule has 0 spiro atoms. The molecule has 13 heteroatoms. The number of carbonyl (C=O) groups excluding carboxylic acids is 3. The van der Waals surface area contributed by atoms with Gasteiger partial charge < -0.3 is 15.4 Å². The summed E-state index contributed by atoms with van der Waals surface area (Å²) in [5.41, 5.74) is -2.35. The lowest BCUT2D eigenvalue weighted by Gasteiger charge is -2.12. The standard InChI is InChI=1S/C21H17ClF6N2O4/c22-15-8-7-13(21(26,27)28)10-16(15)30-18(32)11-34-19(33)6-2-5-17(31)29-14-4-1-3-12(9-14)20(23,24)25/h1,3-4,7-10H,2,5-6,11H2,(H,29,31)(H,30,32). The lowest BCUT2D eigenvalue weighted by molar-refractivity contribution is -0.147. The molecule has 0 radical (unpaired) electrons. The minimum absolute atomic E-state index is 0.0231. The first kappa shape index (κ1) is 27.0. The fraction of sp³-hybridized carbons (Fsp3) is 0.286. The van der Waals surface area contributed by atoms with Gasteiger partial charge in [0, 0.05) is 18.5 Å². The number of alkyl halides is 6. The van der Waals surface area contributed by atoms with E-state index in [2.05, 4.69) is 10.6 Å². The van der Waals surface area contributed by atoms with Crippen LogP contribution in [0.4, 0.5) is 37.7 Å². The molecule has 0 aliphatic rings. The number of ether oxygens (including phenoxy) is 1. The Balaban J connectivity index is 1.75. The van der Waals surface area contributed by atoms with Crippen molar-refractivity contribution in [2.75, 3.05) is 17.2 Å². The number of hydrogen-bond acceptors (Lipinski definition) is 4. The van der Waals surface area contributed by atoms with E-state index in [1.807, 2.05) is 0 Å². The van der Waals surface area contributed by atoms with Gasteiger partial charge in [0.05, 0.1) is 21.8 Å². The average Bonchev–Trinajstić information content (AvgIpc) is 2.72. The molecule has 0 heterocycles. The number of nitrogens with one attached hydrogen (secondary N) is 2. The number of carbonyl (C=O) groups is 3. The fourth-order valence-corrected chi connectivity index (χ4v) is 2.76. The number of benzene rings is 2. The van der Waals surface area contributed by atoms with Crippen LogP contribution in [0, 0.1) is 0 Å². The zero-order chi connectivity index (χ0) is 25.5. The summed E-state index contributed by atoms with van der Waals surface area (Å²) in [4.78, 5) is 35.4. The smallest absolute Gasteiger partial charge is 0.416 e. The SMILES string of the molecule is O=C(CCCC(=O)OCC(=O)Nc1cc(C(F)(F)F)ccc1Cl)Nc1cccc(C(F)(F)F)c1. The number of esters is 1. The summed E-state index contributed by atoms with van der Waals surface area (Å²) < 4.78 is 81.0. The van der Waals surface area contributed by atoms with Crippen LogP contribution in [0.25, 0.3) is 0 Å². The first-order valence-electron chi connectivity index (χ1n) is 9.55. The predicted molar refractivity (Wildman–Crippen MR) is 110 cm³/mol. The second-order valence-electron chi connectivity index (χ2n) is 6.88. The molecule has 0 bridgehead atoms. The molecule has 0 saturated carbocycles. The number of hydrogen-bond donors (Lipinski definition) is 2. The van der Waals surface area contributed by atoms with Gasteiger partial charge in [-0.3, -0.25) is 14.4 Å². The predicted octanol–water partition coefficient (Wildman–Crippen LogP) is 5.67. The molecule has 6 nitrogen and oxygen atoms in total. The molecule has 34 heavy (non-hydrogen) atoms. The van der Waals surface area contributed by atoms with Crippen LogP contribution in [0.1, 0.15) is 30.4 Å². The van der Waals surface area contributed by atoms with Gasteiger partial charge in [-0.2, -0.15) is 26.3 Å². The summed E-state index contributed by atoms with van der Waals surface area (Å²) in [6.07, 6.45) is -9.73. The van der Waals surface area contributed by atoms with Crippen molar-refractivity contribution >= 4 is 40.8 Å². The van der Waals surface area contributed by atoms with Crippen molar-refractivity contribution in [3.8, 4) is 0 Å². The molecule has 0 aliphatic carbocycles. The van der Waals surface area contributed by atoms with E-state index in [1.54, 1.807) is 0 Å². The van der Waals surface area contributed by atoms with E-state index < -0.39 is 47.9 Å². The molecule has 2 rings (SSSR count). The molecule has 0 unspecified atom stereocenters. The Bertz CT molecular complexity index is 1060. The Morgan fingerprint density at radius 1 is 0.824 bits per heavy atom. The van der Waals surface area contributed by atoms with Crippen molar-refractivity contribution in [1.82, 2.24) is 0 Å². The van der Waals surface area contributed by atoms with Gasteiger partial charge in [0.1, 0.15) is 0 Å². The zero-order valence-corrected chi connectivity index (χ0v) is 17.9. The maximum atomic E-state index is 12.8. The molecular weight excluding hydrogens is 494 g/mol. The van der Waals surface area contributed by atoms with Crippen LogP contribution >= 0.6 is 11.6 Å². The van der Waals surface area contributed by atoms with Crippen molar-refractivity contribution in [2.45, 2.75) is 31.6 Å². The van der Waals surface area contributed by atoms with E-state index >= 15 is 0 Å². The quantitative estimate of drug-likeness (QED) is 0.354. The molecule has 2 aromatic rings. The number of halogens is 7. The maximum Gasteiger partial charge on any atom is 0.416 e. The monoisotopic (exact) mass is 510 g/mol. The van der Waals surface area contributed by atoms with Crippen molar-refractivity contribution < 1.29 is 45.5 Å². The van der Waals surface area contributed by atoms with E-state index in [9.17, 15) is 40.7 Å². The molecule has 0 saturated heterocycles. The third kappa shape index (κ3) is 8.58. The van der Waals surface area contributed by atoms with Crippen molar-refractivity contribution in [3.05, 3.63) is 58.6 Å². The van der Waals surface area contributed by atoms with Crippen LogP contribution in [0.5, 0.6) is 0 Å². The molecule has 2 aromatic carbocycles. The minimum Gasteiger partial charge on any atom is -0.456 e. The summed E-state index contributed by atoms with van der Waals surface area (Å²) in [7, 11) is 0. The number of rotatable bonds is 8. The molecule has 184 valence electrons. The van der Waals surface area contributed by atoms with Crippen LogP contribution in [0.3, 0.4) is 0 Å². The highest BCUT2D eigenvalue weighted by atomic mass is 35.5. The molecule has 2 N–H and O–H groups in total. The Kier molecular flexibility index (Phi) is 8.91. The Morgan fingerprint density at radius 2 is 1.47 bits per heavy atom. The number of amides is 2. The largest absolute Gasteiger partial charge is 0.456 e. The fourth-order valence-electron chi connectivity index (χ4n) is 2.59. The van der Waals surface area contributed by atoms with Crippen molar-refractivity contribution in [1.29, 1.82) is 0 Å². The minimum atomic E-state index is -4.65. The maximum absolute atomic E-state index is 12.8. The molecular formula is C21H17ClF6N2O4. The van der Waals surface area contributed by atoms with E-state index in [1.165, 1.54) is 6.07 Å². The highest BCUT2D eigenvalue weighted by Gasteiger charge is 2.31. The lowest BCUT2D eigenvalue weighted by Crippen LogP contribution is -2.21. The van der Waals surface area contributed by atoms with E-state index in [4.69, 9.17) is 16.3 Å². The summed E-state index contributed by atoms with van der Waals surface area (Å²) in [6.45, 7) is -0.804. The van der Waals surface area contributed by atoms with E-state index in [0.717, 1.165) is 30.3 Å². The third-order valence-electron chi connectivity index (χ3n) is 4.19. The van der Waals surface area contributed by atoms with Crippen LogP contribution in [0.15, 0.2) is 42.5 Å². The van der Waals surface area contributed by atoms with Gasteiger partial charge in [-0.15, -0.1) is 0 Å². The first-order chi connectivity index (χ1) is 15.8. The highest BCUT2D eigenvalue weighted by molar-refractivity contribution is 6.33. The lowest BCUT2D eigenvalue weighted by atomic mass is 10.2. The van der Waals surface area contributed by atoms with Gasteiger partial charge in [0.25, 0.3) is 5.91 Å². The Hall–Kier alpha value is -3.28. The average molecular weight is 511 g/mol. The van der Waals surface area contributed by atoms with Crippen molar-refractivity contribution in [2.24, 2.45) is 0 Å². The third-order valence-corrected chi connectivity index (χ3v) is 4.52. The van der Waals surface area contributed by atoms with Crippen molar-refractivity contribution in [3.63, 3.8) is 0 Å². The molecule has 0 aromatic heterocycles. The Morgan fingerprint density at radius 3 is 2.12 bits per heavy atom. The highest BCUT2D eigenvalue weighted by Crippen LogP contribution is 2.34. The number of anilines is 2. The topological polar surface area (TPSA) is 84.5 Å². The van der Waals surface area contributed by atoms with Gasteiger partial charge in [-0.05, 0) is 42.8 Å². The van der Waals surface area contributed by atoms with Crippen LogP contribution in [-0.4, -0.2) is 24.4 Å². The van der Waals surface area contributed by atoms with Gasteiger partial charge in [-0.25, -0.2) is 0 Å².